The van der Waals surface area contributed by atoms with Crippen LogP contribution in [0.15, 0.2) is 59.6 Å². The molecule has 4 rings (SSSR count). The molecule has 2 aromatic carbocycles. The van der Waals surface area contributed by atoms with Crippen LogP contribution in [0, 0.1) is 0 Å². The zero-order chi connectivity index (χ0) is 29.1. The van der Waals surface area contributed by atoms with E-state index in [1.807, 2.05) is 27.7 Å². The zero-order valence-electron chi connectivity index (χ0n) is 22.4. The number of thiazole rings is 2. The van der Waals surface area contributed by atoms with E-state index >= 15 is 0 Å². The Labute approximate surface area is 240 Å². The van der Waals surface area contributed by atoms with Crippen molar-refractivity contribution in [2.75, 3.05) is 10.6 Å². The van der Waals surface area contributed by atoms with Gasteiger partial charge in [-0.05, 0) is 69.7 Å². The van der Waals surface area contributed by atoms with Gasteiger partial charge in [-0.3, -0.25) is 25.0 Å². The van der Waals surface area contributed by atoms with Crippen LogP contribution in [-0.2, 0) is 6.61 Å². The molecule has 3 N–H and O–H groups in total. The summed E-state index contributed by atoms with van der Waals surface area (Å²) in [5.41, 5.74) is 1.82. The Hall–Kier alpha value is -4.13. The molecule has 0 saturated carbocycles. The summed E-state index contributed by atoms with van der Waals surface area (Å²) in [6.07, 6.45) is 3.88. The van der Waals surface area contributed by atoms with E-state index < -0.39 is 0 Å². The largest absolute Gasteiger partial charge is 0.491 e. The number of anilines is 2. The molecule has 40 heavy (non-hydrogen) atoms. The van der Waals surface area contributed by atoms with Crippen LogP contribution in [0.3, 0.4) is 0 Å². The predicted octanol–water partition coefficient (Wildman–Crippen LogP) is 5.67. The van der Waals surface area contributed by atoms with Gasteiger partial charge >= 0.3 is 0 Å². The highest BCUT2D eigenvalue weighted by molar-refractivity contribution is 7.14. The van der Waals surface area contributed by atoms with Gasteiger partial charge in [0, 0.05) is 39.8 Å². The van der Waals surface area contributed by atoms with E-state index in [0.717, 1.165) is 0 Å². The van der Waals surface area contributed by atoms with Crippen molar-refractivity contribution in [2.45, 2.75) is 46.5 Å². The topological polar surface area (TPSA) is 140 Å². The smallest absolute Gasteiger partial charge is 0.257 e. The summed E-state index contributed by atoms with van der Waals surface area (Å²) in [7, 11) is 0. The summed E-state index contributed by atoms with van der Waals surface area (Å²) in [4.78, 5) is 43.2. The standard InChI is InChI=1S/C14H16N2O3S.C14H14N2O3S/c2*1-9(2)19-12-6-10(8-17)5-11(7-12)13(18)16-14-15-3-4-20-14/h3-7,9,17H,8H2,1-2H3,(H,15,16,18);3-9H,1-2H3,(H,15,16,18). The molecule has 0 aliphatic rings. The lowest BCUT2D eigenvalue weighted by atomic mass is 10.1. The molecule has 2 amide bonds. The maximum Gasteiger partial charge on any atom is 0.257 e. The third-order valence-corrected chi connectivity index (χ3v) is 6.16. The molecule has 2 aromatic heterocycles. The van der Waals surface area contributed by atoms with Crippen LogP contribution < -0.4 is 20.1 Å². The molecule has 0 fully saturated rings. The van der Waals surface area contributed by atoms with Crippen molar-refractivity contribution in [1.29, 1.82) is 0 Å². The third kappa shape index (κ3) is 9.56. The molecule has 2 heterocycles. The quantitative estimate of drug-likeness (QED) is 0.203. The lowest BCUT2D eigenvalue weighted by Gasteiger charge is -2.12. The van der Waals surface area contributed by atoms with E-state index in [1.165, 1.54) is 28.7 Å². The van der Waals surface area contributed by atoms with Crippen molar-refractivity contribution in [3.05, 3.63) is 81.8 Å². The Kier molecular flexibility index (Phi) is 11.3. The van der Waals surface area contributed by atoms with Gasteiger partial charge in [-0.2, -0.15) is 0 Å². The van der Waals surface area contributed by atoms with Crippen LogP contribution in [0.5, 0.6) is 11.5 Å². The molecular weight excluding hydrogens is 552 g/mol. The maximum absolute atomic E-state index is 12.1. The van der Waals surface area contributed by atoms with Gasteiger partial charge in [0.1, 0.15) is 17.8 Å². The number of hydrogen-bond acceptors (Lipinski definition) is 10. The molecule has 0 aliphatic carbocycles. The number of rotatable bonds is 10. The van der Waals surface area contributed by atoms with E-state index in [2.05, 4.69) is 20.6 Å². The fourth-order valence-corrected chi connectivity index (χ4v) is 4.34. The predicted molar refractivity (Wildman–Crippen MR) is 156 cm³/mol. The Bertz CT molecular complexity index is 1410. The van der Waals surface area contributed by atoms with Crippen LogP contribution in [0.4, 0.5) is 10.3 Å². The highest BCUT2D eigenvalue weighted by atomic mass is 32.1. The number of aldehydes is 1. The highest BCUT2D eigenvalue weighted by Gasteiger charge is 2.13. The number of aliphatic hydroxyl groups excluding tert-OH is 1. The van der Waals surface area contributed by atoms with Gasteiger partial charge in [0.05, 0.1) is 18.8 Å². The zero-order valence-corrected chi connectivity index (χ0v) is 24.0. The van der Waals surface area contributed by atoms with Crippen LogP contribution in [0.25, 0.3) is 0 Å². The van der Waals surface area contributed by atoms with E-state index in [4.69, 9.17) is 9.47 Å². The van der Waals surface area contributed by atoms with Crippen molar-refractivity contribution in [3.63, 3.8) is 0 Å². The van der Waals surface area contributed by atoms with E-state index in [9.17, 15) is 19.5 Å². The number of benzene rings is 2. The summed E-state index contributed by atoms with van der Waals surface area (Å²) in [6, 6.07) is 9.74. The summed E-state index contributed by atoms with van der Waals surface area (Å²) in [5, 5.41) is 19.2. The van der Waals surface area contributed by atoms with Gasteiger partial charge in [-0.25, -0.2) is 9.97 Å². The van der Waals surface area contributed by atoms with Crippen molar-refractivity contribution in [1.82, 2.24) is 9.97 Å². The van der Waals surface area contributed by atoms with Crippen molar-refractivity contribution in [2.24, 2.45) is 0 Å². The van der Waals surface area contributed by atoms with E-state index in [0.29, 0.717) is 50.3 Å². The van der Waals surface area contributed by atoms with Crippen LogP contribution in [0.1, 0.15) is 64.3 Å². The third-order valence-electron chi connectivity index (χ3n) is 4.79. The minimum atomic E-state index is -0.322. The van der Waals surface area contributed by atoms with Gasteiger partial charge in [0.25, 0.3) is 11.8 Å². The number of aromatic nitrogens is 2. The average Bonchev–Trinajstić information content (AvgIpc) is 3.62. The van der Waals surface area contributed by atoms with Crippen LogP contribution >= 0.6 is 22.7 Å². The SMILES string of the molecule is CC(C)Oc1cc(C=O)cc(C(=O)Nc2nccs2)c1.CC(C)Oc1cc(CO)cc(C(=O)Nc2nccs2)c1. The van der Waals surface area contributed by atoms with Gasteiger partial charge < -0.3 is 14.6 Å². The molecule has 4 aromatic rings. The normalized spacial score (nSPS) is 10.5. The molecular formula is C28H30N4O6S2. The summed E-state index contributed by atoms with van der Waals surface area (Å²) < 4.78 is 11.1. The fraction of sp³-hybridized carbons (Fsp3) is 0.250. The maximum atomic E-state index is 12.1. The van der Waals surface area contributed by atoms with Gasteiger partial charge in [-0.1, -0.05) is 0 Å². The number of amides is 2. The number of nitrogens with zero attached hydrogens (tertiary/aromatic N) is 2. The second-order valence-electron chi connectivity index (χ2n) is 8.85. The number of carbonyl (C=O) groups excluding carboxylic acids is 3. The first-order valence-corrected chi connectivity index (χ1v) is 14.0. The van der Waals surface area contributed by atoms with Crippen LogP contribution in [0.2, 0.25) is 0 Å². The number of nitrogens with one attached hydrogen (secondary N) is 2. The van der Waals surface area contributed by atoms with Gasteiger partial charge in [0.15, 0.2) is 10.3 Å². The van der Waals surface area contributed by atoms with E-state index in [-0.39, 0.29) is 30.6 Å². The Morgan fingerprint density at radius 2 is 1.32 bits per heavy atom. The lowest BCUT2D eigenvalue weighted by Crippen LogP contribution is -2.13. The Balaban J connectivity index is 0.000000220. The fourth-order valence-electron chi connectivity index (χ4n) is 3.29. The van der Waals surface area contributed by atoms with Crippen molar-refractivity contribution >= 4 is 51.0 Å². The lowest BCUT2D eigenvalue weighted by molar-refractivity contribution is 0.101. The second-order valence-corrected chi connectivity index (χ2v) is 10.6. The van der Waals surface area contributed by atoms with E-state index in [1.54, 1.807) is 53.5 Å². The molecule has 12 heteroatoms. The van der Waals surface area contributed by atoms with Crippen molar-refractivity contribution < 1.29 is 29.0 Å². The summed E-state index contributed by atoms with van der Waals surface area (Å²) >= 11 is 2.67. The molecule has 0 aliphatic heterocycles. The number of ether oxygens (including phenoxy) is 2. The Morgan fingerprint density at radius 1 is 0.825 bits per heavy atom. The van der Waals surface area contributed by atoms with Gasteiger partial charge in [-0.15, -0.1) is 22.7 Å². The highest BCUT2D eigenvalue weighted by Crippen LogP contribution is 2.21. The molecule has 0 bridgehead atoms. The molecule has 0 radical (unpaired) electrons. The number of carbonyl (C=O) groups is 3. The van der Waals surface area contributed by atoms with Gasteiger partial charge in [0.2, 0.25) is 0 Å². The van der Waals surface area contributed by atoms with Crippen molar-refractivity contribution in [3.8, 4) is 11.5 Å². The Morgan fingerprint density at radius 3 is 1.75 bits per heavy atom. The summed E-state index contributed by atoms with van der Waals surface area (Å²) in [6.45, 7) is 7.42. The first kappa shape index (κ1) is 30.4. The van der Waals surface area contributed by atoms with Crippen LogP contribution in [-0.4, -0.2) is 45.4 Å². The second kappa shape index (κ2) is 14.9. The molecule has 0 spiro atoms. The molecule has 0 atom stereocenters. The monoisotopic (exact) mass is 582 g/mol. The number of aliphatic hydroxyl groups is 1. The molecule has 10 nitrogen and oxygen atoms in total. The number of hydrogen-bond donors (Lipinski definition) is 3. The molecule has 0 saturated heterocycles. The minimum Gasteiger partial charge on any atom is -0.491 e. The summed E-state index contributed by atoms with van der Waals surface area (Å²) in [5.74, 6) is 0.464. The molecule has 0 unspecified atom stereocenters. The molecule has 210 valence electrons. The average molecular weight is 583 g/mol. The first-order valence-electron chi connectivity index (χ1n) is 12.3. The minimum absolute atomic E-state index is 0.00110. The first-order chi connectivity index (χ1) is 19.2.